The molecule has 0 spiro atoms. The Balaban J connectivity index is 0.00000338. The van der Waals surface area contributed by atoms with Crippen LogP contribution in [0.25, 0.3) is 0 Å². The molecule has 26 heavy (non-hydrogen) atoms. The highest BCUT2D eigenvalue weighted by molar-refractivity contribution is 14.0. The van der Waals surface area contributed by atoms with Gasteiger partial charge in [0.05, 0.1) is 6.54 Å². The van der Waals surface area contributed by atoms with Crippen molar-refractivity contribution in [3.05, 3.63) is 29.3 Å². The smallest absolute Gasteiger partial charge is 0.224 e. The Morgan fingerprint density at radius 1 is 1.23 bits per heavy atom. The Hall–Kier alpha value is -0.670. The van der Waals surface area contributed by atoms with E-state index in [-0.39, 0.29) is 29.9 Å². The summed E-state index contributed by atoms with van der Waals surface area (Å²) < 4.78 is 0. The number of thioether (sulfide) groups is 1. The number of amides is 1. The average molecular weight is 511 g/mol. The molecule has 1 fully saturated rings. The van der Waals surface area contributed by atoms with Crippen LogP contribution in [0, 0.1) is 0 Å². The van der Waals surface area contributed by atoms with Crippen LogP contribution in [0.1, 0.15) is 26.2 Å². The molecule has 1 aromatic rings. The van der Waals surface area contributed by atoms with Crippen LogP contribution in [0.2, 0.25) is 5.02 Å². The van der Waals surface area contributed by atoms with Crippen molar-refractivity contribution in [2.24, 2.45) is 4.99 Å². The summed E-state index contributed by atoms with van der Waals surface area (Å²) in [5.74, 6) is 1.92. The number of nitrogens with zero attached hydrogens (tertiary/aromatic N) is 2. The van der Waals surface area contributed by atoms with E-state index in [1.54, 1.807) is 11.8 Å². The number of likely N-dealkylation sites (tertiary alicyclic amines) is 1. The summed E-state index contributed by atoms with van der Waals surface area (Å²) >= 11 is 7.66. The number of benzene rings is 1. The van der Waals surface area contributed by atoms with Gasteiger partial charge in [0, 0.05) is 48.3 Å². The van der Waals surface area contributed by atoms with E-state index in [0.717, 1.165) is 55.8 Å². The zero-order valence-electron chi connectivity index (χ0n) is 15.2. The molecule has 0 aliphatic carbocycles. The third-order valence-electron chi connectivity index (χ3n) is 3.88. The van der Waals surface area contributed by atoms with E-state index < -0.39 is 0 Å². The van der Waals surface area contributed by atoms with Crippen LogP contribution < -0.4 is 10.6 Å². The van der Waals surface area contributed by atoms with Crippen molar-refractivity contribution in [2.45, 2.75) is 31.1 Å². The van der Waals surface area contributed by atoms with E-state index in [1.165, 1.54) is 4.90 Å². The molecule has 0 bridgehead atoms. The summed E-state index contributed by atoms with van der Waals surface area (Å²) in [6.45, 7) is 5.98. The maximum atomic E-state index is 12.0. The topological polar surface area (TPSA) is 56.7 Å². The molecular formula is C18H28ClIN4OS. The van der Waals surface area contributed by atoms with Gasteiger partial charge in [-0.1, -0.05) is 11.6 Å². The lowest BCUT2D eigenvalue weighted by Crippen LogP contribution is -2.38. The molecule has 1 aliphatic heterocycles. The van der Waals surface area contributed by atoms with Crippen LogP contribution in [0.15, 0.2) is 34.2 Å². The van der Waals surface area contributed by atoms with Gasteiger partial charge >= 0.3 is 0 Å². The van der Waals surface area contributed by atoms with Crippen molar-refractivity contribution in [1.82, 2.24) is 15.5 Å². The van der Waals surface area contributed by atoms with Gasteiger partial charge < -0.3 is 15.5 Å². The SMILES string of the molecule is CCNC(=NCCC(=O)N1CCCC1)NCCSc1ccc(Cl)cc1.I. The van der Waals surface area contributed by atoms with Gasteiger partial charge in [-0.25, -0.2) is 0 Å². The first kappa shape index (κ1) is 23.4. The number of aliphatic imine (C=N–C) groups is 1. The molecule has 1 saturated heterocycles. The fraction of sp³-hybridized carbons (Fsp3) is 0.556. The number of halogens is 2. The lowest BCUT2D eigenvalue weighted by Gasteiger charge is -2.15. The molecule has 0 aromatic heterocycles. The quantitative estimate of drug-likeness (QED) is 0.184. The standard InChI is InChI=1S/C18H27ClN4OS.HI/c1-2-20-18(21-10-9-17(24)23-12-3-4-13-23)22-11-14-25-16-7-5-15(19)6-8-16;/h5-8H,2-4,9-14H2,1H3,(H2,20,21,22);1H. The molecular weight excluding hydrogens is 483 g/mol. The van der Waals surface area contributed by atoms with Crippen molar-refractivity contribution in [1.29, 1.82) is 0 Å². The summed E-state index contributed by atoms with van der Waals surface area (Å²) in [6.07, 6.45) is 2.74. The van der Waals surface area contributed by atoms with Gasteiger partial charge in [0.2, 0.25) is 5.91 Å². The van der Waals surface area contributed by atoms with E-state index in [9.17, 15) is 4.79 Å². The summed E-state index contributed by atoms with van der Waals surface area (Å²) in [4.78, 5) is 19.7. The van der Waals surface area contributed by atoms with Gasteiger partial charge in [-0.15, -0.1) is 35.7 Å². The Labute approximate surface area is 182 Å². The lowest BCUT2D eigenvalue weighted by molar-refractivity contribution is -0.129. The van der Waals surface area contributed by atoms with Crippen molar-refractivity contribution in [2.75, 3.05) is 38.5 Å². The first-order chi connectivity index (χ1) is 12.2. The number of hydrogen-bond acceptors (Lipinski definition) is 3. The first-order valence-corrected chi connectivity index (χ1v) is 10.2. The normalized spacial score (nSPS) is 14.1. The maximum Gasteiger partial charge on any atom is 0.224 e. The Morgan fingerprint density at radius 2 is 1.92 bits per heavy atom. The van der Waals surface area contributed by atoms with Crippen molar-refractivity contribution in [3.63, 3.8) is 0 Å². The maximum absolute atomic E-state index is 12.0. The van der Waals surface area contributed by atoms with E-state index >= 15 is 0 Å². The highest BCUT2D eigenvalue weighted by Gasteiger charge is 2.16. The number of guanidine groups is 1. The summed E-state index contributed by atoms with van der Waals surface area (Å²) in [7, 11) is 0. The van der Waals surface area contributed by atoms with Gasteiger partial charge in [-0.05, 0) is 44.0 Å². The molecule has 5 nitrogen and oxygen atoms in total. The van der Waals surface area contributed by atoms with E-state index in [0.29, 0.717) is 13.0 Å². The number of carbonyl (C=O) groups excluding carboxylic acids is 1. The van der Waals surface area contributed by atoms with Crippen LogP contribution in [0.4, 0.5) is 0 Å². The van der Waals surface area contributed by atoms with Crippen molar-refractivity contribution in [3.8, 4) is 0 Å². The molecule has 0 unspecified atom stereocenters. The highest BCUT2D eigenvalue weighted by atomic mass is 127. The number of nitrogens with one attached hydrogen (secondary N) is 2. The zero-order valence-corrected chi connectivity index (χ0v) is 19.1. The Morgan fingerprint density at radius 3 is 2.58 bits per heavy atom. The van der Waals surface area contributed by atoms with Crippen LogP contribution in [0.3, 0.4) is 0 Å². The third-order valence-corrected chi connectivity index (χ3v) is 5.14. The fourth-order valence-electron chi connectivity index (χ4n) is 2.60. The number of carbonyl (C=O) groups is 1. The second-order valence-corrected chi connectivity index (χ2v) is 7.43. The molecule has 0 radical (unpaired) electrons. The molecule has 1 aromatic carbocycles. The van der Waals surface area contributed by atoms with Crippen LogP contribution in [0.5, 0.6) is 0 Å². The zero-order chi connectivity index (χ0) is 17.9. The second-order valence-electron chi connectivity index (χ2n) is 5.83. The molecule has 8 heteroatoms. The molecule has 2 N–H and O–H groups in total. The van der Waals surface area contributed by atoms with Gasteiger partial charge in [-0.3, -0.25) is 9.79 Å². The van der Waals surface area contributed by atoms with Gasteiger partial charge in [-0.2, -0.15) is 0 Å². The van der Waals surface area contributed by atoms with Crippen LogP contribution in [-0.4, -0.2) is 55.2 Å². The fourth-order valence-corrected chi connectivity index (χ4v) is 3.49. The number of hydrogen-bond donors (Lipinski definition) is 2. The van der Waals surface area contributed by atoms with E-state index in [2.05, 4.69) is 15.6 Å². The number of rotatable bonds is 8. The molecule has 0 saturated carbocycles. The van der Waals surface area contributed by atoms with Crippen LogP contribution in [-0.2, 0) is 4.79 Å². The second kappa shape index (κ2) is 13.5. The molecule has 1 heterocycles. The minimum atomic E-state index is 0. The van der Waals surface area contributed by atoms with E-state index in [1.807, 2.05) is 36.1 Å². The van der Waals surface area contributed by atoms with E-state index in [4.69, 9.17) is 11.6 Å². The Bertz CT molecular complexity index is 565. The lowest BCUT2D eigenvalue weighted by atomic mass is 10.4. The van der Waals surface area contributed by atoms with Gasteiger partial charge in [0.15, 0.2) is 5.96 Å². The average Bonchev–Trinajstić information content (AvgIpc) is 3.15. The van der Waals surface area contributed by atoms with Crippen LogP contribution >= 0.6 is 47.3 Å². The Kier molecular flexibility index (Phi) is 12.1. The van der Waals surface area contributed by atoms with Crippen molar-refractivity contribution >= 4 is 59.2 Å². The van der Waals surface area contributed by atoms with Gasteiger partial charge in [0.25, 0.3) is 0 Å². The third kappa shape index (κ3) is 8.81. The van der Waals surface area contributed by atoms with Crippen molar-refractivity contribution < 1.29 is 4.79 Å². The monoisotopic (exact) mass is 510 g/mol. The van der Waals surface area contributed by atoms with Gasteiger partial charge in [0.1, 0.15) is 0 Å². The molecule has 1 amide bonds. The predicted molar refractivity (Wildman–Crippen MR) is 122 cm³/mol. The minimum absolute atomic E-state index is 0. The largest absolute Gasteiger partial charge is 0.357 e. The minimum Gasteiger partial charge on any atom is -0.357 e. The molecule has 0 atom stereocenters. The molecule has 1 aliphatic rings. The summed E-state index contributed by atoms with van der Waals surface area (Å²) in [5.41, 5.74) is 0. The summed E-state index contributed by atoms with van der Waals surface area (Å²) in [6, 6.07) is 7.85. The first-order valence-electron chi connectivity index (χ1n) is 8.87. The highest BCUT2D eigenvalue weighted by Crippen LogP contribution is 2.19. The predicted octanol–water partition coefficient (Wildman–Crippen LogP) is 3.62. The molecule has 2 rings (SSSR count). The molecule has 146 valence electrons. The summed E-state index contributed by atoms with van der Waals surface area (Å²) in [5, 5.41) is 7.29.